The minimum Gasteiger partial charge on any atom is -0.494 e. The summed E-state index contributed by atoms with van der Waals surface area (Å²) in [5.74, 6) is 15.2. The fourth-order valence-corrected chi connectivity index (χ4v) is 7.99. The van der Waals surface area contributed by atoms with Gasteiger partial charge in [-0.25, -0.2) is 0 Å². The molecule has 0 saturated carbocycles. The predicted octanol–water partition coefficient (Wildman–Crippen LogP) is 16.5. The molecule has 0 aliphatic rings. The van der Waals surface area contributed by atoms with Crippen LogP contribution in [0.25, 0.3) is 22.3 Å². The maximum atomic E-state index is 6.02. The highest BCUT2D eigenvalue weighted by atomic mass is 32.1. The van der Waals surface area contributed by atoms with Crippen molar-refractivity contribution in [3.8, 4) is 57.4 Å². The van der Waals surface area contributed by atoms with Crippen molar-refractivity contribution in [2.45, 2.75) is 142 Å². The van der Waals surface area contributed by atoms with E-state index in [1.807, 2.05) is 0 Å². The molecule has 0 radical (unpaired) electrons. The van der Waals surface area contributed by atoms with Crippen LogP contribution in [0.3, 0.4) is 0 Å². The molecule has 0 bridgehead atoms. The fourth-order valence-electron chi connectivity index (χ4n) is 7.28. The summed E-state index contributed by atoms with van der Waals surface area (Å²) in [7, 11) is 0. The van der Waals surface area contributed by atoms with Crippen molar-refractivity contribution in [1.29, 1.82) is 0 Å². The van der Waals surface area contributed by atoms with Gasteiger partial charge in [0.05, 0.1) is 23.0 Å². The van der Waals surface area contributed by atoms with E-state index in [1.165, 1.54) is 138 Å². The Morgan fingerprint density at radius 1 is 0.322 bits per heavy atom. The number of benzene rings is 4. The smallest absolute Gasteiger partial charge is 0.119 e. The van der Waals surface area contributed by atoms with Crippen LogP contribution in [-0.4, -0.2) is 13.2 Å². The molecule has 310 valence electrons. The predicted molar refractivity (Wildman–Crippen MR) is 255 cm³/mol. The van der Waals surface area contributed by atoms with Crippen molar-refractivity contribution in [3.63, 3.8) is 0 Å². The maximum Gasteiger partial charge on any atom is 0.119 e. The number of hydrogen-bond acceptors (Lipinski definition) is 3. The minimum atomic E-state index is 0.793. The molecule has 0 amide bonds. The molecule has 0 aliphatic carbocycles. The fraction of sp³-hybridized carbons (Fsp3) is 0.429. The second-order valence-corrected chi connectivity index (χ2v) is 17.0. The van der Waals surface area contributed by atoms with Crippen LogP contribution < -0.4 is 9.47 Å². The molecule has 5 rings (SSSR count). The van der Waals surface area contributed by atoms with Crippen LogP contribution in [0.4, 0.5) is 0 Å². The van der Waals surface area contributed by atoms with Gasteiger partial charge in [0.15, 0.2) is 0 Å². The number of hydrogen-bond donors (Lipinski definition) is 0. The van der Waals surface area contributed by atoms with Gasteiger partial charge in [0, 0.05) is 11.1 Å². The van der Waals surface area contributed by atoms with Gasteiger partial charge in [0.25, 0.3) is 0 Å². The Labute approximate surface area is 362 Å². The highest BCUT2D eigenvalue weighted by Gasteiger charge is 2.03. The quantitative estimate of drug-likeness (QED) is 0.0409. The molecule has 59 heavy (non-hydrogen) atoms. The van der Waals surface area contributed by atoms with E-state index < -0.39 is 0 Å². The Balaban J connectivity index is 0.981. The Morgan fingerprint density at radius 3 is 0.932 bits per heavy atom. The van der Waals surface area contributed by atoms with E-state index in [9.17, 15) is 0 Å². The largest absolute Gasteiger partial charge is 0.494 e. The molecular formula is C56H68O2S. The van der Waals surface area contributed by atoms with E-state index in [2.05, 4.69) is 147 Å². The van der Waals surface area contributed by atoms with Crippen LogP contribution in [-0.2, 0) is 0 Å². The van der Waals surface area contributed by atoms with Crippen LogP contribution in [0.5, 0.6) is 11.5 Å². The van der Waals surface area contributed by atoms with Crippen molar-refractivity contribution in [3.05, 3.63) is 130 Å². The summed E-state index contributed by atoms with van der Waals surface area (Å²) in [6, 6.07) is 38.0. The molecule has 1 aromatic heterocycles. The van der Waals surface area contributed by atoms with E-state index in [1.54, 1.807) is 11.3 Å². The maximum absolute atomic E-state index is 6.02. The molecular weight excluding hydrogens is 737 g/mol. The Hall–Kier alpha value is -4.70. The third-order valence-electron chi connectivity index (χ3n) is 10.9. The Bertz CT molecular complexity index is 1830. The summed E-state index contributed by atoms with van der Waals surface area (Å²) in [4.78, 5) is 2.02. The lowest BCUT2D eigenvalue weighted by molar-refractivity contribution is 0.304. The molecule has 4 aromatic carbocycles. The molecule has 0 aliphatic heterocycles. The third-order valence-corrected chi connectivity index (χ3v) is 11.9. The van der Waals surface area contributed by atoms with E-state index in [0.717, 1.165) is 58.4 Å². The minimum absolute atomic E-state index is 0.793. The summed E-state index contributed by atoms with van der Waals surface area (Å²) in [5, 5.41) is 0. The average Bonchev–Trinajstić information content (AvgIpc) is 3.74. The lowest BCUT2D eigenvalue weighted by atomic mass is 10.0. The zero-order valence-electron chi connectivity index (χ0n) is 36.2. The highest BCUT2D eigenvalue weighted by molar-refractivity contribution is 7.13. The van der Waals surface area contributed by atoms with Gasteiger partial charge in [-0.15, -0.1) is 11.3 Å². The van der Waals surface area contributed by atoms with E-state index in [0.29, 0.717) is 0 Å². The summed E-state index contributed by atoms with van der Waals surface area (Å²) < 4.78 is 12.0. The standard InChI is InChI=1S/C56H68O2S/c1-3-5-7-9-11-13-15-17-19-21-45-57-53-37-33-51(34-38-53)49-29-23-47(24-30-49)27-41-55-43-44-56(59-55)42-28-48-25-31-50(32-26-48)52-35-39-54(40-36-52)58-46-22-20-18-16-14-12-10-8-6-4-2/h23-26,29-40,43-44H,3-22,45-46H2,1-2H3. The highest BCUT2D eigenvalue weighted by Crippen LogP contribution is 2.25. The SMILES string of the molecule is CCCCCCCCCCCCOc1ccc(-c2ccc(C#Cc3ccc(C#Cc4ccc(-c5ccc(OCCCCCCCCCCCC)cc5)cc4)s3)cc2)cc1. The molecule has 0 N–H and O–H groups in total. The van der Waals surface area contributed by atoms with Gasteiger partial charge in [-0.1, -0.05) is 202 Å². The van der Waals surface area contributed by atoms with Gasteiger partial charge in [0.1, 0.15) is 11.5 Å². The second-order valence-electron chi connectivity index (χ2n) is 15.9. The molecule has 0 saturated heterocycles. The van der Waals surface area contributed by atoms with Gasteiger partial charge in [-0.2, -0.15) is 0 Å². The van der Waals surface area contributed by atoms with Crippen molar-refractivity contribution in [1.82, 2.24) is 0 Å². The number of ether oxygens (including phenoxy) is 2. The van der Waals surface area contributed by atoms with Gasteiger partial charge in [-0.3, -0.25) is 0 Å². The lowest BCUT2D eigenvalue weighted by Gasteiger charge is -2.08. The zero-order chi connectivity index (χ0) is 41.0. The molecule has 0 spiro atoms. The van der Waals surface area contributed by atoms with Crippen LogP contribution in [0.2, 0.25) is 0 Å². The number of rotatable bonds is 26. The summed E-state index contributed by atoms with van der Waals surface area (Å²) in [6.07, 6.45) is 26.8. The first-order valence-corrected chi connectivity index (χ1v) is 23.8. The van der Waals surface area contributed by atoms with E-state index in [4.69, 9.17) is 9.47 Å². The number of thiophene rings is 1. The van der Waals surface area contributed by atoms with E-state index in [-0.39, 0.29) is 0 Å². The Morgan fingerprint density at radius 2 is 0.610 bits per heavy atom. The van der Waals surface area contributed by atoms with Crippen LogP contribution in [0, 0.1) is 23.7 Å². The summed E-state index contributed by atoms with van der Waals surface area (Å²) >= 11 is 1.63. The van der Waals surface area contributed by atoms with Gasteiger partial charge >= 0.3 is 0 Å². The van der Waals surface area contributed by atoms with E-state index >= 15 is 0 Å². The van der Waals surface area contributed by atoms with Gasteiger partial charge in [0.2, 0.25) is 0 Å². The van der Waals surface area contributed by atoms with Crippen LogP contribution in [0.15, 0.2) is 109 Å². The van der Waals surface area contributed by atoms with Crippen LogP contribution in [0.1, 0.15) is 163 Å². The average molecular weight is 805 g/mol. The molecule has 0 atom stereocenters. The summed E-state index contributed by atoms with van der Waals surface area (Å²) in [6.45, 7) is 6.15. The van der Waals surface area contributed by atoms with Crippen molar-refractivity contribution < 1.29 is 9.47 Å². The van der Waals surface area contributed by atoms with Crippen LogP contribution >= 0.6 is 11.3 Å². The topological polar surface area (TPSA) is 18.5 Å². The molecule has 2 nitrogen and oxygen atoms in total. The monoisotopic (exact) mass is 804 g/mol. The first kappa shape index (κ1) is 45.4. The third kappa shape index (κ3) is 18.0. The van der Waals surface area contributed by atoms with Crippen molar-refractivity contribution in [2.24, 2.45) is 0 Å². The lowest BCUT2D eigenvalue weighted by Crippen LogP contribution is -1.97. The first-order chi connectivity index (χ1) is 29.2. The molecule has 3 heteroatoms. The second kappa shape index (κ2) is 27.9. The summed E-state index contributed by atoms with van der Waals surface area (Å²) in [5.41, 5.74) is 6.71. The molecule has 5 aromatic rings. The van der Waals surface area contributed by atoms with Crippen molar-refractivity contribution >= 4 is 11.3 Å². The van der Waals surface area contributed by atoms with Gasteiger partial charge in [-0.05, 0) is 95.8 Å². The number of unbranched alkanes of at least 4 members (excludes halogenated alkanes) is 18. The molecule has 0 fully saturated rings. The Kier molecular flexibility index (Phi) is 21.5. The first-order valence-electron chi connectivity index (χ1n) is 23.0. The van der Waals surface area contributed by atoms with Crippen molar-refractivity contribution in [2.75, 3.05) is 13.2 Å². The molecule has 0 unspecified atom stereocenters. The van der Waals surface area contributed by atoms with Gasteiger partial charge < -0.3 is 9.47 Å². The zero-order valence-corrected chi connectivity index (χ0v) is 37.0. The molecule has 1 heterocycles. The normalized spacial score (nSPS) is 10.7.